The molecule has 2 fully saturated rings. The summed E-state index contributed by atoms with van der Waals surface area (Å²) < 4.78 is 0. The molecule has 8 heteroatoms. The molecule has 1 amide bonds. The molecule has 3 atom stereocenters. The first-order chi connectivity index (χ1) is 9.75. The van der Waals surface area contributed by atoms with Crippen molar-refractivity contribution >= 4 is 21.8 Å². The molecule has 20 heavy (non-hydrogen) atoms. The minimum absolute atomic E-state index is 0.0765. The van der Waals surface area contributed by atoms with Crippen LogP contribution in [0, 0.1) is 5.92 Å². The lowest BCUT2D eigenvalue weighted by Gasteiger charge is -2.26. The van der Waals surface area contributed by atoms with Crippen molar-refractivity contribution in [2.45, 2.75) is 23.7 Å². The van der Waals surface area contributed by atoms with Gasteiger partial charge in [0.15, 0.2) is 0 Å². The number of aromatic amines is 2. The number of alkyl halides is 1. The first kappa shape index (κ1) is 12.1. The first-order valence-corrected chi connectivity index (χ1v) is 7.54. The van der Waals surface area contributed by atoms with Crippen molar-refractivity contribution in [1.29, 1.82) is 0 Å². The standard InChI is InChI=1S/C12H13BrN6O/c13-9-7-2-1-3-19(10(7)9)12(20)6-4-8(14-5-6)11-15-17-18-16-11/h4-5,7,9-10,14H,1-3H2,(H,15,16,17,18)/t7-,9-,10-/m1/s1. The van der Waals surface area contributed by atoms with Gasteiger partial charge in [0.1, 0.15) is 0 Å². The minimum Gasteiger partial charge on any atom is -0.358 e. The topological polar surface area (TPSA) is 90.6 Å². The number of likely N-dealkylation sites (tertiary alicyclic amines) is 1. The highest BCUT2D eigenvalue weighted by Crippen LogP contribution is 2.48. The van der Waals surface area contributed by atoms with Crippen molar-refractivity contribution in [3.8, 4) is 11.5 Å². The number of carbonyl (C=O) groups excluding carboxylic acids is 1. The lowest BCUT2D eigenvalue weighted by atomic mass is 10.1. The Hall–Kier alpha value is -1.70. The molecule has 2 aromatic heterocycles. The number of hydrogen-bond acceptors (Lipinski definition) is 4. The summed E-state index contributed by atoms with van der Waals surface area (Å²) in [4.78, 5) is 18.1. The summed E-state index contributed by atoms with van der Waals surface area (Å²) in [5.41, 5.74) is 1.35. The Bertz CT molecular complexity index is 638. The van der Waals surface area contributed by atoms with Crippen molar-refractivity contribution in [3.05, 3.63) is 17.8 Å². The summed E-state index contributed by atoms with van der Waals surface area (Å²) in [7, 11) is 0. The molecule has 1 saturated carbocycles. The first-order valence-electron chi connectivity index (χ1n) is 6.63. The van der Waals surface area contributed by atoms with Crippen LogP contribution >= 0.6 is 15.9 Å². The Morgan fingerprint density at radius 1 is 1.50 bits per heavy atom. The minimum atomic E-state index is 0.0765. The van der Waals surface area contributed by atoms with Crippen LogP contribution in [0.5, 0.6) is 0 Å². The highest BCUT2D eigenvalue weighted by atomic mass is 79.9. The molecule has 1 aliphatic heterocycles. The number of nitrogens with zero attached hydrogens (tertiary/aromatic N) is 4. The number of nitrogens with one attached hydrogen (secondary N) is 2. The van der Waals surface area contributed by atoms with Crippen LogP contribution < -0.4 is 0 Å². The van der Waals surface area contributed by atoms with Crippen molar-refractivity contribution in [3.63, 3.8) is 0 Å². The van der Waals surface area contributed by atoms with E-state index in [4.69, 9.17) is 0 Å². The van der Waals surface area contributed by atoms with Gasteiger partial charge in [0.2, 0.25) is 5.82 Å². The van der Waals surface area contributed by atoms with Gasteiger partial charge in [0.05, 0.1) is 11.3 Å². The molecule has 0 unspecified atom stereocenters. The molecule has 0 bridgehead atoms. The fraction of sp³-hybridized carbons (Fsp3) is 0.500. The monoisotopic (exact) mass is 336 g/mol. The molecule has 1 aliphatic carbocycles. The van der Waals surface area contributed by atoms with Crippen molar-refractivity contribution in [1.82, 2.24) is 30.5 Å². The molecule has 0 spiro atoms. The summed E-state index contributed by atoms with van der Waals surface area (Å²) in [5, 5.41) is 13.7. The lowest BCUT2D eigenvalue weighted by Crippen LogP contribution is -2.37. The van der Waals surface area contributed by atoms with E-state index in [2.05, 4.69) is 41.5 Å². The molecule has 104 valence electrons. The molecular formula is C12H13BrN6O. The van der Waals surface area contributed by atoms with Gasteiger partial charge in [0, 0.05) is 23.6 Å². The zero-order valence-electron chi connectivity index (χ0n) is 10.6. The second kappa shape index (κ2) is 4.41. The summed E-state index contributed by atoms with van der Waals surface area (Å²) >= 11 is 3.66. The lowest BCUT2D eigenvalue weighted by molar-refractivity contribution is 0.0707. The van der Waals surface area contributed by atoms with Gasteiger partial charge >= 0.3 is 0 Å². The fourth-order valence-corrected chi connectivity index (χ4v) is 4.10. The third-order valence-corrected chi connectivity index (χ3v) is 5.33. The van der Waals surface area contributed by atoms with E-state index in [0.29, 0.717) is 33.9 Å². The molecule has 2 N–H and O–H groups in total. The van der Waals surface area contributed by atoms with E-state index >= 15 is 0 Å². The maximum Gasteiger partial charge on any atom is 0.255 e. The van der Waals surface area contributed by atoms with Crippen LogP contribution in [0.25, 0.3) is 11.5 Å². The fourth-order valence-electron chi connectivity index (χ4n) is 3.02. The molecule has 0 radical (unpaired) electrons. The Morgan fingerprint density at radius 2 is 2.40 bits per heavy atom. The normalized spacial score (nSPS) is 28.2. The van der Waals surface area contributed by atoms with Gasteiger partial charge in [-0.2, -0.15) is 5.21 Å². The van der Waals surface area contributed by atoms with Gasteiger partial charge in [-0.05, 0) is 30.0 Å². The zero-order chi connectivity index (χ0) is 13.7. The van der Waals surface area contributed by atoms with E-state index in [-0.39, 0.29) is 5.91 Å². The van der Waals surface area contributed by atoms with Gasteiger partial charge in [-0.15, -0.1) is 10.2 Å². The zero-order valence-corrected chi connectivity index (χ0v) is 12.2. The highest BCUT2D eigenvalue weighted by Gasteiger charge is 2.55. The van der Waals surface area contributed by atoms with Gasteiger partial charge < -0.3 is 9.88 Å². The van der Waals surface area contributed by atoms with Crippen LogP contribution in [0.3, 0.4) is 0 Å². The van der Waals surface area contributed by atoms with Crippen LogP contribution in [-0.4, -0.2) is 53.8 Å². The van der Waals surface area contributed by atoms with E-state index in [1.807, 2.05) is 4.90 Å². The second-order valence-corrected chi connectivity index (χ2v) is 6.33. The molecule has 4 rings (SSSR count). The van der Waals surface area contributed by atoms with Crippen LogP contribution in [-0.2, 0) is 0 Å². The number of tetrazole rings is 1. The summed E-state index contributed by atoms with van der Waals surface area (Å²) in [6, 6.07) is 2.14. The molecule has 2 aromatic rings. The number of carbonyl (C=O) groups is 1. The number of piperidine rings is 1. The van der Waals surface area contributed by atoms with Crippen LogP contribution in [0.4, 0.5) is 0 Å². The molecule has 1 saturated heterocycles. The summed E-state index contributed by atoms with van der Waals surface area (Å²) in [6.07, 6.45) is 4.01. The number of H-pyrrole nitrogens is 2. The Labute approximate surface area is 123 Å². The number of fused-ring (bicyclic) bond motifs is 1. The predicted molar refractivity (Wildman–Crippen MR) is 74.2 cm³/mol. The Kier molecular flexibility index (Phi) is 2.66. The number of rotatable bonds is 2. The number of aromatic nitrogens is 5. The van der Waals surface area contributed by atoms with Gasteiger partial charge in [-0.3, -0.25) is 4.79 Å². The third kappa shape index (κ3) is 1.78. The smallest absolute Gasteiger partial charge is 0.255 e. The third-order valence-electron chi connectivity index (χ3n) is 4.11. The van der Waals surface area contributed by atoms with E-state index in [0.717, 1.165) is 13.0 Å². The average Bonchev–Trinajstić information content (AvgIpc) is 2.96. The van der Waals surface area contributed by atoms with Crippen LogP contribution in [0.15, 0.2) is 12.3 Å². The van der Waals surface area contributed by atoms with Gasteiger partial charge in [-0.1, -0.05) is 15.9 Å². The van der Waals surface area contributed by atoms with E-state index < -0.39 is 0 Å². The van der Waals surface area contributed by atoms with Crippen molar-refractivity contribution in [2.24, 2.45) is 5.92 Å². The predicted octanol–water partition coefficient (Wildman–Crippen LogP) is 1.19. The molecule has 0 aromatic carbocycles. The molecule has 2 aliphatic rings. The van der Waals surface area contributed by atoms with Gasteiger partial charge in [-0.25, -0.2) is 0 Å². The maximum atomic E-state index is 12.6. The Morgan fingerprint density at radius 3 is 3.20 bits per heavy atom. The number of hydrogen-bond donors (Lipinski definition) is 2. The quantitative estimate of drug-likeness (QED) is 0.806. The van der Waals surface area contributed by atoms with Crippen molar-refractivity contribution in [2.75, 3.05) is 6.54 Å². The van der Waals surface area contributed by atoms with E-state index in [1.54, 1.807) is 12.3 Å². The van der Waals surface area contributed by atoms with Crippen LogP contribution in [0.1, 0.15) is 23.2 Å². The Balaban J connectivity index is 1.57. The number of halogens is 1. The molecule has 7 nitrogen and oxygen atoms in total. The maximum absolute atomic E-state index is 12.6. The SMILES string of the molecule is O=C(c1c[nH]c(-c2nn[nH]n2)c1)N1CCC[C@@H]2[C@@H](Br)[C@@H]21. The van der Waals surface area contributed by atoms with Gasteiger partial charge in [0.25, 0.3) is 5.91 Å². The second-order valence-electron chi connectivity index (χ2n) is 5.28. The molecule has 3 heterocycles. The largest absolute Gasteiger partial charge is 0.358 e. The molecular weight excluding hydrogens is 324 g/mol. The van der Waals surface area contributed by atoms with E-state index in [9.17, 15) is 4.79 Å². The van der Waals surface area contributed by atoms with Crippen LogP contribution in [0.2, 0.25) is 0 Å². The highest BCUT2D eigenvalue weighted by molar-refractivity contribution is 9.09. The number of amides is 1. The summed E-state index contributed by atoms with van der Waals surface area (Å²) in [5.74, 6) is 1.17. The van der Waals surface area contributed by atoms with Crippen molar-refractivity contribution < 1.29 is 4.79 Å². The summed E-state index contributed by atoms with van der Waals surface area (Å²) in [6.45, 7) is 0.838. The van der Waals surface area contributed by atoms with E-state index in [1.165, 1.54) is 6.42 Å². The average molecular weight is 337 g/mol.